The summed E-state index contributed by atoms with van der Waals surface area (Å²) in [5, 5.41) is 3.95. The second kappa shape index (κ2) is 1.95. The molecule has 2 heterocycles. The van der Waals surface area contributed by atoms with E-state index in [4.69, 9.17) is 5.73 Å². The van der Waals surface area contributed by atoms with Crippen LogP contribution in [0.1, 0.15) is 16.2 Å². The summed E-state index contributed by atoms with van der Waals surface area (Å²) in [5.74, 6) is -0.472. The highest BCUT2D eigenvalue weighted by molar-refractivity contribution is 5.91. The third kappa shape index (κ3) is 0.832. The first-order valence-electron chi connectivity index (χ1n) is 3.32. The summed E-state index contributed by atoms with van der Waals surface area (Å²) < 4.78 is 1.67. The zero-order chi connectivity index (χ0) is 7.84. The number of nitrogens with zero attached hydrogens (tertiary/aromatic N) is 2. The van der Waals surface area contributed by atoms with Crippen molar-refractivity contribution in [2.24, 2.45) is 5.73 Å². The van der Waals surface area contributed by atoms with Crippen LogP contribution >= 0.6 is 0 Å². The van der Waals surface area contributed by atoms with Crippen LogP contribution in [-0.2, 0) is 6.42 Å². The van der Waals surface area contributed by atoms with Gasteiger partial charge in [0.15, 0.2) is 5.69 Å². The third-order valence-electron chi connectivity index (χ3n) is 1.64. The Bertz CT molecular complexity index is 337. The molecule has 0 atom stereocenters. The summed E-state index contributed by atoms with van der Waals surface area (Å²) in [6, 6.07) is 1.71. The van der Waals surface area contributed by atoms with Gasteiger partial charge in [-0.1, -0.05) is 6.08 Å². The maximum absolute atomic E-state index is 10.6. The molecule has 0 bridgehead atoms. The first kappa shape index (κ1) is 6.15. The number of nitrogens with two attached hydrogens (primary N) is 1. The Hall–Kier alpha value is -1.58. The maximum atomic E-state index is 10.6. The Balaban J connectivity index is 2.49. The minimum atomic E-state index is -0.472. The van der Waals surface area contributed by atoms with Crippen LogP contribution in [0.5, 0.6) is 0 Å². The zero-order valence-electron chi connectivity index (χ0n) is 5.82. The monoisotopic (exact) mass is 149 g/mol. The largest absolute Gasteiger partial charge is 0.364 e. The number of primary amides is 1. The van der Waals surface area contributed by atoms with Gasteiger partial charge < -0.3 is 5.73 Å². The number of fused-ring (bicyclic) bond motifs is 1. The lowest BCUT2D eigenvalue weighted by molar-refractivity contribution is 0.0995. The Labute approximate surface area is 63.3 Å². The fourth-order valence-electron chi connectivity index (χ4n) is 1.11. The molecule has 4 nitrogen and oxygen atoms in total. The lowest BCUT2D eigenvalue weighted by atomic mass is 10.3. The molecule has 0 saturated heterocycles. The Morgan fingerprint density at radius 1 is 1.73 bits per heavy atom. The van der Waals surface area contributed by atoms with Gasteiger partial charge in [0.1, 0.15) is 0 Å². The number of amides is 1. The van der Waals surface area contributed by atoms with Gasteiger partial charge in [-0.3, -0.25) is 4.79 Å². The second-order valence-corrected chi connectivity index (χ2v) is 2.42. The Morgan fingerprint density at radius 2 is 2.55 bits per heavy atom. The van der Waals surface area contributed by atoms with Gasteiger partial charge in [-0.05, 0) is 6.07 Å². The zero-order valence-corrected chi connectivity index (χ0v) is 5.82. The maximum Gasteiger partial charge on any atom is 0.269 e. The van der Waals surface area contributed by atoms with Crippen LogP contribution < -0.4 is 5.73 Å². The number of hydrogen-bond donors (Lipinski definition) is 1. The van der Waals surface area contributed by atoms with E-state index in [1.807, 2.05) is 12.3 Å². The van der Waals surface area contributed by atoms with Crippen LogP contribution in [0.25, 0.3) is 6.20 Å². The Kier molecular flexibility index (Phi) is 1.09. The Morgan fingerprint density at radius 3 is 3.18 bits per heavy atom. The van der Waals surface area contributed by atoms with Crippen LogP contribution in [0.2, 0.25) is 0 Å². The number of allylic oxidation sites excluding steroid dienone is 1. The molecule has 4 heteroatoms. The molecule has 1 aliphatic rings. The predicted molar refractivity (Wildman–Crippen MR) is 39.8 cm³/mol. The normalized spacial score (nSPS) is 13.5. The molecule has 2 rings (SSSR count). The standard InChI is InChI=1S/C7H7N3O/c8-7(11)6-4-5-2-1-3-10(5)9-6/h1,3-4H,2H2,(H2,8,11). The molecule has 0 radical (unpaired) electrons. The molecule has 0 aromatic carbocycles. The summed E-state index contributed by atoms with van der Waals surface area (Å²) in [6.45, 7) is 0. The van der Waals surface area contributed by atoms with Gasteiger partial charge >= 0.3 is 0 Å². The molecule has 0 spiro atoms. The van der Waals surface area contributed by atoms with E-state index in [1.54, 1.807) is 10.7 Å². The van der Waals surface area contributed by atoms with Crippen LogP contribution in [0.15, 0.2) is 12.1 Å². The lowest BCUT2D eigenvalue weighted by Gasteiger charge is -1.86. The quantitative estimate of drug-likeness (QED) is 0.611. The van der Waals surface area contributed by atoms with E-state index < -0.39 is 5.91 Å². The molecule has 0 unspecified atom stereocenters. The van der Waals surface area contributed by atoms with Crippen LogP contribution in [0, 0.1) is 0 Å². The molecule has 0 aliphatic carbocycles. The van der Waals surface area contributed by atoms with Gasteiger partial charge in [0, 0.05) is 18.3 Å². The first-order valence-corrected chi connectivity index (χ1v) is 3.32. The van der Waals surface area contributed by atoms with Gasteiger partial charge in [0.2, 0.25) is 0 Å². The fraction of sp³-hybridized carbons (Fsp3) is 0.143. The molecule has 0 saturated carbocycles. The number of aromatic nitrogens is 2. The van der Waals surface area contributed by atoms with E-state index in [0.29, 0.717) is 5.69 Å². The smallest absolute Gasteiger partial charge is 0.269 e. The van der Waals surface area contributed by atoms with Gasteiger partial charge in [-0.2, -0.15) is 5.10 Å². The van der Waals surface area contributed by atoms with Crippen molar-refractivity contribution < 1.29 is 4.79 Å². The van der Waals surface area contributed by atoms with Crippen molar-refractivity contribution in [3.63, 3.8) is 0 Å². The van der Waals surface area contributed by atoms with Crippen molar-refractivity contribution >= 4 is 12.1 Å². The van der Waals surface area contributed by atoms with E-state index in [-0.39, 0.29) is 0 Å². The van der Waals surface area contributed by atoms with E-state index in [0.717, 1.165) is 12.1 Å². The van der Waals surface area contributed by atoms with Crippen LogP contribution in [0.4, 0.5) is 0 Å². The fourth-order valence-corrected chi connectivity index (χ4v) is 1.11. The number of carbonyl (C=O) groups is 1. The third-order valence-corrected chi connectivity index (χ3v) is 1.64. The van der Waals surface area contributed by atoms with Crippen LogP contribution in [-0.4, -0.2) is 15.7 Å². The molecular formula is C7H7N3O. The summed E-state index contributed by atoms with van der Waals surface area (Å²) in [5.41, 5.74) is 6.39. The first-order chi connectivity index (χ1) is 5.27. The van der Waals surface area contributed by atoms with Crippen molar-refractivity contribution in [2.45, 2.75) is 6.42 Å². The van der Waals surface area contributed by atoms with Crippen molar-refractivity contribution in [3.8, 4) is 0 Å². The van der Waals surface area contributed by atoms with Gasteiger partial charge in [0.05, 0.1) is 0 Å². The van der Waals surface area contributed by atoms with E-state index in [9.17, 15) is 4.79 Å². The SMILES string of the molecule is NC(=O)c1cc2n(n1)C=CC2. The lowest BCUT2D eigenvalue weighted by Crippen LogP contribution is -2.11. The van der Waals surface area contributed by atoms with Crippen molar-refractivity contribution in [2.75, 3.05) is 0 Å². The highest BCUT2D eigenvalue weighted by atomic mass is 16.1. The molecule has 1 aromatic rings. The summed E-state index contributed by atoms with van der Waals surface area (Å²) in [4.78, 5) is 10.6. The molecule has 11 heavy (non-hydrogen) atoms. The average molecular weight is 149 g/mol. The summed E-state index contributed by atoms with van der Waals surface area (Å²) >= 11 is 0. The minimum Gasteiger partial charge on any atom is -0.364 e. The minimum absolute atomic E-state index is 0.337. The second-order valence-electron chi connectivity index (χ2n) is 2.42. The predicted octanol–water partition coefficient (Wildman–Crippen LogP) is 0.00880. The van der Waals surface area contributed by atoms with Crippen molar-refractivity contribution in [3.05, 3.63) is 23.5 Å². The topological polar surface area (TPSA) is 60.9 Å². The molecule has 1 amide bonds. The number of carbonyl (C=O) groups excluding carboxylic acids is 1. The molecule has 0 fully saturated rings. The van der Waals surface area contributed by atoms with E-state index in [1.165, 1.54) is 0 Å². The molecule has 1 aliphatic heterocycles. The molecule has 2 N–H and O–H groups in total. The molecular weight excluding hydrogens is 142 g/mol. The van der Waals surface area contributed by atoms with Crippen molar-refractivity contribution in [1.82, 2.24) is 9.78 Å². The van der Waals surface area contributed by atoms with Gasteiger partial charge in [-0.15, -0.1) is 0 Å². The highest BCUT2D eigenvalue weighted by Crippen LogP contribution is 2.11. The van der Waals surface area contributed by atoms with Crippen LogP contribution in [0.3, 0.4) is 0 Å². The van der Waals surface area contributed by atoms with E-state index >= 15 is 0 Å². The number of hydrogen-bond acceptors (Lipinski definition) is 2. The van der Waals surface area contributed by atoms with Gasteiger partial charge in [-0.25, -0.2) is 4.68 Å². The highest BCUT2D eigenvalue weighted by Gasteiger charge is 2.11. The summed E-state index contributed by atoms with van der Waals surface area (Å²) in [7, 11) is 0. The number of rotatable bonds is 1. The summed E-state index contributed by atoms with van der Waals surface area (Å²) in [6.07, 6.45) is 4.63. The van der Waals surface area contributed by atoms with Crippen molar-refractivity contribution in [1.29, 1.82) is 0 Å². The van der Waals surface area contributed by atoms with Gasteiger partial charge in [0.25, 0.3) is 5.91 Å². The molecule has 1 aromatic heterocycles. The average Bonchev–Trinajstić information content (AvgIpc) is 2.40. The molecule has 56 valence electrons. The van der Waals surface area contributed by atoms with E-state index in [2.05, 4.69) is 5.10 Å².